The van der Waals surface area contributed by atoms with E-state index in [1.54, 1.807) is 4.68 Å². The van der Waals surface area contributed by atoms with Gasteiger partial charge in [-0.2, -0.15) is 0 Å². The van der Waals surface area contributed by atoms with Crippen LogP contribution in [0.1, 0.15) is 56.8 Å². The van der Waals surface area contributed by atoms with Gasteiger partial charge in [0.15, 0.2) is 0 Å². The van der Waals surface area contributed by atoms with Crippen LogP contribution >= 0.6 is 0 Å². The van der Waals surface area contributed by atoms with Gasteiger partial charge in [0.2, 0.25) is 0 Å². The summed E-state index contributed by atoms with van der Waals surface area (Å²) in [6.07, 6.45) is 7.25. The zero-order valence-electron chi connectivity index (χ0n) is 11.5. The van der Waals surface area contributed by atoms with Crippen LogP contribution in [0.25, 0.3) is 0 Å². The number of sulfone groups is 1. The SMILES string of the molecule is CCC(N)c1cn(C2CCCC(S(C)(=O)=O)C2)nn1. The molecule has 1 saturated carbocycles. The van der Waals surface area contributed by atoms with Crippen LogP contribution in [0.2, 0.25) is 0 Å². The maximum absolute atomic E-state index is 11.7. The summed E-state index contributed by atoms with van der Waals surface area (Å²) in [5.74, 6) is 0. The van der Waals surface area contributed by atoms with Crippen LogP contribution in [-0.4, -0.2) is 34.9 Å². The Kier molecular flexibility index (Phi) is 4.25. The van der Waals surface area contributed by atoms with E-state index in [0.29, 0.717) is 6.42 Å². The molecule has 2 N–H and O–H groups in total. The molecular formula is C12H22N4O2S. The molecule has 3 unspecified atom stereocenters. The lowest BCUT2D eigenvalue weighted by Gasteiger charge is -2.27. The zero-order valence-corrected chi connectivity index (χ0v) is 12.3. The summed E-state index contributed by atoms with van der Waals surface area (Å²) in [7, 11) is -2.97. The second-order valence-electron chi connectivity index (χ2n) is 5.41. The van der Waals surface area contributed by atoms with E-state index >= 15 is 0 Å². The Morgan fingerprint density at radius 1 is 1.53 bits per heavy atom. The van der Waals surface area contributed by atoms with E-state index < -0.39 is 9.84 Å². The van der Waals surface area contributed by atoms with Crippen molar-refractivity contribution in [3.8, 4) is 0 Å². The first-order valence-corrected chi connectivity index (χ1v) is 8.73. The van der Waals surface area contributed by atoms with Crippen LogP contribution in [-0.2, 0) is 9.84 Å². The van der Waals surface area contributed by atoms with Crippen molar-refractivity contribution in [2.75, 3.05) is 6.26 Å². The largest absolute Gasteiger partial charge is 0.323 e. The summed E-state index contributed by atoms with van der Waals surface area (Å²) in [5.41, 5.74) is 6.70. The molecular weight excluding hydrogens is 264 g/mol. The first kappa shape index (κ1) is 14.5. The standard InChI is InChI=1S/C12H22N4O2S/c1-3-11(13)12-8-16(15-14-12)9-5-4-6-10(7-9)19(2,17)18/h8-11H,3-7,13H2,1-2H3. The summed E-state index contributed by atoms with van der Waals surface area (Å²) in [6, 6.07) is 0.0295. The molecule has 7 heteroatoms. The Hall–Kier alpha value is -0.950. The smallest absolute Gasteiger partial charge is 0.150 e. The molecule has 0 spiro atoms. The van der Waals surface area contributed by atoms with Crippen molar-refractivity contribution in [1.82, 2.24) is 15.0 Å². The Labute approximate surface area is 114 Å². The maximum Gasteiger partial charge on any atom is 0.150 e. The van der Waals surface area contributed by atoms with Crippen molar-refractivity contribution < 1.29 is 8.42 Å². The summed E-state index contributed by atoms with van der Waals surface area (Å²) < 4.78 is 25.1. The topological polar surface area (TPSA) is 90.9 Å². The van der Waals surface area contributed by atoms with Crippen LogP contribution in [0.15, 0.2) is 6.20 Å². The number of hydrogen-bond donors (Lipinski definition) is 1. The predicted octanol–water partition coefficient (Wildman–Crippen LogP) is 1.22. The summed E-state index contributed by atoms with van der Waals surface area (Å²) >= 11 is 0. The Balaban J connectivity index is 2.11. The minimum atomic E-state index is -2.97. The number of aromatic nitrogens is 3. The van der Waals surface area contributed by atoms with Gasteiger partial charge in [0.25, 0.3) is 0 Å². The van der Waals surface area contributed by atoms with Crippen LogP contribution in [0.4, 0.5) is 0 Å². The molecule has 0 radical (unpaired) electrons. The Bertz CT molecular complexity index is 526. The normalized spacial score (nSPS) is 26.3. The fourth-order valence-corrected chi connectivity index (χ4v) is 3.76. The van der Waals surface area contributed by atoms with Crippen LogP contribution in [0, 0.1) is 0 Å². The lowest BCUT2D eigenvalue weighted by molar-refractivity contribution is 0.324. The van der Waals surface area contributed by atoms with Gasteiger partial charge in [-0.3, -0.25) is 0 Å². The summed E-state index contributed by atoms with van der Waals surface area (Å²) in [6.45, 7) is 2.00. The average Bonchev–Trinajstić information content (AvgIpc) is 2.86. The maximum atomic E-state index is 11.7. The first-order valence-electron chi connectivity index (χ1n) is 6.78. The van der Waals surface area contributed by atoms with Crippen molar-refractivity contribution in [2.24, 2.45) is 5.73 Å². The first-order chi connectivity index (χ1) is 8.91. The highest BCUT2D eigenvalue weighted by Crippen LogP contribution is 2.31. The lowest BCUT2D eigenvalue weighted by atomic mass is 9.95. The van der Waals surface area contributed by atoms with Crippen LogP contribution in [0.5, 0.6) is 0 Å². The van der Waals surface area contributed by atoms with Crippen molar-refractivity contribution in [3.05, 3.63) is 11.9 Å². The molecule has 19 heavy (non-hydrogen) atoms. The van der Waals surface area contributed by atoms with Crippen molar-refractivity contribution in [1.29, 1.82) is 0 Å². The predicted molar refractivity (Wildman–Crippen MR) is 73.4 cm³/mol. The fourth-order valence-electron chi connectivity index (χ4n) is 2.60. The van der Waals surface area contributed by atoms with Crippen molar-refractivity contribution in [3.63, 3.8) is 0 Å². The summed E-state index contributed by atoms with van der Waals surface area (Å²) in [5, 5.41) is 7.95. The molecule has 108 valence electrons. The van der Waals surface area contributed by atoms with Gasteiger partial charge >= 0.3 is 0 Å². The van der Waals surface area contributed by atoms with E-state index in [9.17, 15) is 8.42 Å². The van der Waals surface area contributed by atoms with Gasteiger partial charge in [-0.25, -0.2) is 13.1 Å². The molecule has 2 rings (SSSR count). The molecule has 3 atom stereocenters. The summed E-state index contributed by atoms with van der Waals surface area (Å²) in [4.78, 5) is 0. The minimum absolute atomic E-state index is 0.0944. The number of nitrogens with zero attached hydrogens (tertiary/aromatic N) is 3. The highest BCUT2D eigenvalue weighted by molar-refractivity contribution is 7.91. The molecule has 6 nitrogen and oxygen atoms in total. The molecule has 1 aromatic heterocycles. The van der Waals surface area contributed by atoms with Crippen molar-refractivity contribution >= 4 is 9.84 Å². The third-order valence-corrected chi connectivity index (χ3v) is 5.56. The Morgan fingerprint density at radius 2 is 2.26 bits per heavy atom. The monoisotopic (exact) mass is 286 g/mol. The highest BCUT2D eigenvalue weighted by atomic mass is 32.2. The average molecular weight is 286 g/mol. The van der Waals surface area contributed by atoms with Gasteiger partial charge in [-0.1, -0.05) is 18.6 Å². The van der Waals surface area contributed by atoms with E-state index in [0.717, 1.165) is 31.4 Å². The molecule has 0 aromatic carbocycles. The van der Waals surface area contributed by atoms with E-state index in [4.69, 9.17) is 5.73 Å². The molecule has 1 aliphatic carbocycles. The lowest BCUT2D eigenvalue weighted by Crippen LogP contribution is -2.29. The fraction of sp³-hybridized carbons (Fsp3) is 0.833. The van der Waals surface area contributed by atoms with Gasteiger partial charge < -0.3 is 5.73 Å². The molecule has 0 bridgehead atoms. The molecule has 1 aromatic rings. The third-order valence-electron chi connectivity index (χ3n) is 3.93. The third kappa shape index (κ3) is 3.33. The quantitative estimate of drug-likeness (QED) is 0.898. The number of rotatable bonds is 4. The van der Waals surface area contributed by atoms with E-state index in [1.165, 1.54) is 6.26 Å². The highest BCUT2D eigenvalue weighted by Gasteiger charge is 2.30. The van der Waals surface area contributed by atoms with Crippen molar-refractivity contribution in [2.45, 2.75) is 56.4 Å². The second kappa shape index (κ2) is 5.58. The number of hydrogen-bond acceptors (Lipinski definition) is 5. The minimum Gasteiger partial charge on any atom is -0.323 e. The van der Waals surface area contributed by atoms with E-state index in [2.05, 4.69) is 10.3 Å². The van der Waals surface area contributed by atoms with Crippen LogP contribution in [0.3, 0.4) is 0 Å². The second-order valence-corrected chi connectivity index (χ2v) is 7.74. The number of nitrogens with two attached hydrogens (primary N) is 1. The molecule has 0 aliphatic heterocycles. The van der Waals surface area contributed by atoms with Gasteiger partial charge in [-0.05, 0) is 25.7 Å². The van der Waals surface area contributed by atoms with Gasteiger partial charge in [0, 0.05) is 6.26 Å². The molecule has 0 amide bonds. The molecule has 1 aliphatic rings. The van der Waals surface area contributed by atoms with Crippen LogP contribution < -0.4 is 5.73 Å². The van der Waals surface area contributed by atoms with Gasteiger partial charge in [-0.15, -0.1) is 5.10 Å². The van der Waals surface area contributed by atoms with E-state index in [1.807, 2.05) is 13.1 Å². The molecule has 1 fully saturated rings. The van der Waals surface area contributed by atoms with Gasteiger partial charge in [0.05, 0.1) is 29.2 Å². The molecule has 0 saturated heterocycles. The zero-order chi connectivity index (χ0) is 14.0. The van der Waals surface area contributed by atoms with E-state index in [-0.39, 0.29) is 17.3 Å². The Morgan fingerprint density at radius 3 is 2.89 bits per heavy atom. The van der Waals surface area contributed by atoms with Gasteiger partial charge in [0.1, 0.15) is 9.84 Å². The molecule has 1 heterocycles.